The minimum atomic E-state index is 0. The molecule has 0 bridgehead atoms. The van der Waals surface area contributed by atoms with E-state index in [1.807, 2.05) is 12.3 Å². The topological polar surface area (TPSA) is 64.1 Å². The van der Waals surface area contributed by atoms with Crippen molar-refractivity contribution in [2.45, 2.75) is 6.54 Å². The van der Waals surface area contributed by atoms with Gasteiger partial charge < -0.3 is 10.8 Å². The lowest BCUT2D eigenvalue weighted by molar-refractivity contribution is 0.464. The SMILES string of the molecule is Cl.Cl.Nc1ccc(O)c(Cn2cccn2)c1. The van der Waals surface area contributed by atoms with E-state index in [0.717, 1.165) is 5.56 Å². The van der Waals surface area contributed by atoms with E-state index >= 15 is 0 Å². The average Bonchev–Trinajstić information content (AvgIpc) is 2.64. The van der Waals surface area contributed by atoms with E-state index in [0.29, 0.717) is 12.2 Å². The zero-order valence-electron chi connectivity index (χ0n) is 8.41. The Balaban J connectivity index is 0.00000112. The molecule has 0 spiro atoms. The van der Waals surface area contributed by atoms with E-state index in [4.69, 9.17) is 5.73 Å². The second-order valence-electron chi connectivity index (χ2n) is 3.09. The minimum Gasteiger partial charge on any atom is -0.508 e. The van der Waals surface area contributed by atoms with Crippen molar-refractivity contribution in [1.29, 1.82) is 0 Å². The van der Waals surface area contributed by atoms with Gasteiger partial charge in [0.1, 0.15) is 5.75 Å². The van der Waals surface area contributed by atoms with Crippen LogP contribution < -0.4 is 5.73 Å². The van der Waals surface area contributed by atoms with Crippen LogP contribution in [0.5, 0.6) is 5.75 Å². The van der Waals surface area contributed by atoms with E-state index < -0.39 is 0 Å². The van der Waals surface area contributed by atoms with Crippen molar-refractivity contribution < 1.29 is 5.11 Å². The summed E-state index contributed by atoms with van der Waals surface area (Å²) < 4.78 is 1.73. The fourth-order valence-electron chi connectivity index (χ4n) is 1.30. The van der Waals surface area contributed by atoms with Crippen LogP contribution in [0.25, 0.3) is 0 Å². The fourth-order valence-corrected chi connectivity index (χ4v) is 1.30. The maximum absolute atomic E-state index is 9.54. The molecule has 3 N–H and O–H groups in total. The van der Waals surface area contributed by atoms with Crippen molar-refractivity contribution in [1.82, 2.24) is 9.78 Å². The molecule has 0 fully saturated rings. The van der Waals surface area contributed by atoms with E-state index in [1.54, 1.807) is 29.1 Å². The quantitative estimate of drug-likeness (QED) is 0.643. The van der Waals surface area contributed by atoms with Crippen molar-refractivity contribution in [3.05, 3.63) is 42.2 Å². The van der Waals surface area contributed by atoms with Gasteiger partial charge in [0, 0.05) is 23.6 Å². The van der Waals surface area contributed by atoms with Gasteiger partial charge in [-0.15, -0.1) is 24.8 Å². The summed E-state index contributed by atoms with van der Waals surface area (Å²) in [6, 6.07) is 6.84. The molecule has 0 radical (unpaired) electrons. The summed E-state index contributed by atoms with van der Waals surface area (Å²) in [6.07, 6.45) is 3.53. The Hall–Kier alpha value is -1.39. The number of nitrogen functional groups attached to an aromatic ring is 1. The molecule has 2 rings (SSSR count). The number of benzene rings is 1. The molecule has 0 amide bonds. The van der Waals surface area contributed by atoms with Crippen LogP contribution in [0.15, 0.2) is 36.7 Å². The second kappa shape index (κ2) is 6.25. The molecule has 0 unspecified atom stereocenters. The highest BCUT2D eigenvalue weighted by Gasteiger charge is 2.02. The summed E-state index contributed by atoms with van der Waals surface area (Å²) in [5.41, 5.74) is 7.03. The molecule has 0 saturated carbocycles. The Bertz CT molecular complexity index is 432. The minimum absolute atomic E-state index is 0. The molecule has 0 aliphatic carbocycles. The summed E-state index contributed by atoms with van der Waals surface area (Å²) in [4.78, 5) is 0. The summed E-state index contributed by atoms with van der Waals surface area (Å²) in [5, 5.41) is 13.6. The standard InChI is InChI=1S/C10H11N3O.2ClH/c11-9-2-3-10(14)8(6-9)7-13-5-1-4-12-13;;/h1-6,14H,7,11H2;2*1H. The molecule has 0 saturated heterocycles. The number of nitrogens with two attached hydrogens (primary N) is 1. The lowest BCUT2D eigenvalue weighted by Gasteiger charge is -2.05. The Morgan fingerprint density at radius 1 is 1.31 bits per heavy atom. The average molecular weight is 262 g/mol. The monoisotopic (exact) mass is 261 g/mol. The first-order valence-corrected chi connectivity index (χ1v) is 4.30. The van der Waals surface area contributed by atoms with Crippen LogP contribution >= 0.6 is 24.8 Å². The zero-order chi connectivity index (χ0) is 9.97. The summed E-state index contributed by atoms with van der Waals surface area (Å²) in [6.45, 7) is 0.532. The van der Waals surface area contributed by atoms with Crippen LogP contribution in [0.4, 0.5) is 5.69 Å². The van der Waals surface area contributed by atoms with Gasteiger partial charge in [-0.2, -0.15) is 5.10 Å². The second-order valence-corrected chi connectivity index (χ2v) is 3.09. The molecule has 0 aliphatic heterocycles. The third kappa shape index (κ3) is 3.32. The van der Waals surface area contributed by atoms with Gasteiger partial charge >= 0.3 is 0 Å². The third-order valence-corrected chi connectivity index (χ3v) is 2.00. The number of phenolic OH excluding ortho intramolecular Hbond substituents is 1. The molecule has 2 aromatic rings. The maximum atomic E-state index is 9.54. The number of rotatable bonds is 2. The predicted molar refractivity (Wildman–Crippen MR) is 68.3 cm³/mol. The Morgan fingerprint density at radius 3 is 2.69 bits per heavy atom. The van der Waals surface area contributed by atoms with E-state index in [-0.39, 0.29) is 30.6 Å². The lowest BCUT2D eigenvalue weighted by atomic mass is 10.2. The van der Waals surface area contributed by atoms with Crippen molar-refractivity contribution in [3.8, 4) is 5.75 Å². The zero-order valence-corrected chi connectivity index (χ0v) is 10.0. The van der Waals surface area contributed by atoms with Gasteiger partial charge in [0.15, 0.2) is 0 Å². The maximum Gasteiger partial charge on any atom is 0.120 e. The summed E-state index contributed by atoms with van der Waals surface area (Å²) in [7, 11) is 0. The largest absolute Gasteiger partial charge is 0.508 e. The first kappa shape index (κ1) is 14.6. The summed E-state index contributed by atoms with van der Waals surface area (Å²) in [5.74, 6) is 0.245. The van der Waals surface area contributed by atoms with E-state index in [1.165, 1.54) is 0 Å². The molecular weight excluding hydrogens is 249 g/mol. The third-order valence-electron chi connectivity index (χ3n) is 2.00. The molecule has 6 heteroatoms. The van der Waals surface area contributed by atoms with Crippen LogP contribution in [0, 0.1) is 0 Å². The van der Waals surface area contributed by atoms with Gasteiger partial charge in [0.05, 0.1) is 6.54 Å². The molecule has 0 aliphatic rings. The Labute approximate surface area is 106 Å². The molecular formula is C10H13Cl2N3O. The van der Waals surface area contributed by atoms with Crippen LogP contribution in [-0.4, -0.2) is 14.9 Å². The number of anilines is 1. The van der Waals surface area contributed by atoms with E-state index in [9.17, 15) is 5.11 Å². The normalized spacial score (nSPS) is 9.00. The Kier molecular flexibility index (Phi) is 5.71. The van der Waals surface area contributed by atoms with Crippen molar-refractivity contribution in [2.75, 3.05) is 5.73 Å². The molecule has 0 atom stereocenters. The first-order chi connectivity index (χ1) is 6.75. The van der Waals surface area contributed by atoms with Crippen LogP contribution in [0.1, 0.15) is 5.56 Å². The van der Waals surface area contributed by atoms with Crippen molar-refractivity contribution in [3.63, 3.8) is 0 Å². The molecule has 1 aromatic heterocycles. The van der Waals surface area contributed by atoms with Crippen LogP contribution in [0.2, 0.25) is 0 Å². The number of hydrogen-bond donors (Lipinski definition) is 2. The van der Waals surface area contributed by atoms with Gasteiger partial charge in [-0.25, -0.2) is 0 Å². The van der Waals surface area contributed by atoms with Crippen molar-refractivity contribution in [2.24, 2.45) is 0 Å². The number of nitrogens with zero attached hydrogens (tertiary/aromatic N) is 2. The van der Waals surface area contributed by atoms with Gasteiger partial charge in [-0.05, 0) is 24.3 Å². The summed E-state index contributed by atoms with van der Waals surface area (Å²) >= 11 is 0. The van der Waals surface area contributed by atoms with Gasteiger partial charge in [-0.1, -0.05) is 0 Å². The lowest BCUT2D eigenvalue weighted by Crippen LogP contribution is -2.00. The molecule has 1 heterocycles. The number of aromatic hydroxyl groups is 1. The van der Waals surface area contributed by atoms with Gasteiger partial charge in [-0.3, -0.25) is 4.68 Å². The highest BCUT2D eigenvalue weighted by molar-refractivity contribution is 5.85. The Morgan fingerprint density at radius 2 is 2.06 bits per heavy atom. The number of aromatic nitrogens is 2. The van der Waals surface area contributed by atoms with Crippen LogP contribution in [-0.2, 0) is 6.54 Å². The number of hydrogen-bond acceptors (Lipinski definition) is 3. The molecule has 1 aromatic carbocycles. The molecule has 88 valence electrons. The highest BCUT2D eigenvalue weighted by atomic mass is 35.5. The predicted octanol–water partition coefficient (Wildman–Crippen LogP) is 2.06. The van der Waals surface area contributed by atoms with Crippen LogP contribution in [0.3, 0.4) is 0 Å². The highest BCUT2D eigenvalue weighted by Crippen LogP contribution is 2.20. The first-order valence-electron chi connectivity index (χ1n) is 4.30. The fraction of sp³-hybridized carbons (Fsp3) is 0.100. The van der Waals surface area contributed by atoms with E-state index in [2.05, 4.69) is 5.10 Å². The van der Waals surface area contributed by atoms with Gasteiger partial charge in [0.25, 0.3) is 0 Å². The molecule has 4 nitrogen and oxygen atoms in total. The smallest absolute Gasteiger partial charge is 0.120 e. The number of phenols is 1. The molecule has 16 heavy (non-hydrogen) atoms. The van der Waals surface area contributed by atoms with Crippen molar-refractivity contribution >= 4 is 30.5 Å². The van der Waals surface area contributed by atoms with Gasteiger partial charge in [0.2, 0.25) is 0 Å². The number of halogens is 2.